The summed E-state index contributed by atoms with van der Waals surface area (Å²) in [4.78, 5) is 29.4. The average molecular weight is 420 g/mol. The van der Waals surface area contributed by atoms with E-state index < -0.39 is 11.9 Å². The molecular weight excluding hydrogens is 406 g/mol. The fraction of sp³-hybridized carbons (Fsp3) is 0.0870. The molecule has 2 aromatic carbocycles. The van der Waals surface area contributed by atoms with Crippen LogP contribution in [0.1, 0.15) is 23.5 Å². The van der Waals surface area contributed by atoms with Crippen LogP contribution in [0.15, 0.2) is 70.3 Å². The zero-order valence-corrected chi connectivity index (χ0v) is 16.2. The first-order valence-corrected chi connectivity index (χ1v) is 9.58. The van der Waals surface area contributed by atoms with Crippen molar-refractivity contribution in [3.8, 4) is 22.6 Å². The number of esters is 1. The summed E-state index contributed by atoms with van der Waals surface area (Å²) in [5.74, 6) is -0.947. The molecular formula is C23H14ClNO5. The zero-order valence-electron chi connectivity index (χ0n) is 15.5. The second-order valence-electron chi connectivity index (χ2n) is 7.01. The number of phenols is 1. The fourth-order valence-corrected chi connectivity index (χ4v) is 3.97. The summed E-state index contributed by atoms with van der Waals surface area (Å²) >= 11 is 5.94. The number of phenolic OH excluding ortho intramolecular Hbond substituents is 1. The predicted octanol–water partition coefficient (Wildman–Crippen LogP) is 4.66. The van der Waals surface area contributed by atoms with Gasteiger partial charge in [0.2, 0.25) is 5.43 Å². The number of carbonyl (C=O) groups excluding carboxylic acids is 1. The molecule has 0 fully saturated rings. The second kappa shape index (κ2) is 7.00. The van der Waals surface area contributed by atoms with Crippen molar-refractivity contribution in [1.29, 1.82) is 0 Å². The average Bonchev–Trinajstić information content (AvgIpc) is 2.74. The lowest BCUT2D eigenvalue weighted by Crippen LogP contribution is -2.22. The molecule has 0 bridgehead atoms. The van der Waals surface area contributed by atoms with E-state index in [1.807, 2.05) is 0 Å². The third kappa shape index (κ3) is 2.93. The first-order chi connectivity index (χ1) is 14.5. The maximum Gasteiger partial charge on any atom is 0.312 e. The van der Waals surface area contributed by atoms with Crippen LogP contribution in [-0.4, -0.2) is 16.1 Å². The first kappa shape index (κ1) is 18.4. The van der Waals surface area contributed by atoms with Crippen molar-refractivity contribution >= 4 is 28.5 Å². The molecule has 1 aliphatic rings. The monoisotopic (exact) mass is 419 g/mol. The van der Waals surface area contributed by atoms with Crippen LogP contribution >= 0.6 is 11.6 Å². The smallest absolute Gasteiger partial charge is 0.312 e. The summed E-state index contributed by atoms with van der Waals surface area (Å²) < 4.78 is 11.2. The Bertz CT molecular complexity index is 1350. The molecule has 148 valence electrons. The van der Waals surface area contributed by atoms with Gasteiger partial charge in [0, 0.05) is 35.0 Å². The van der Waals surface area contributed by atoms with Crippen LogP contribution in [0.25, 0.3) is 22.1 Å². The Hall–Kier alpha value is -3.64. The number of benzene rings is 2. The van der Waals surface area contributed by atoms with Crippen molar-refractivity contribution in [3.05, 3.63) is 87.5 Å². The van der Waals surface area contributed by atoms with Gasteiger partial charge >= 0.3 is 5.97 Å². The van der Waals surface area contributed by atoms with Crippen LogP contribution in [0.5, 0.6) is 11.5 Å². The quantitative estimate of drug-likeness (QED) is 0.375. The molecule has 0 radical (unpaired) electrons. The molecule has 0 saturated heterocycles. The molecule has 3 heterocycles. The number of halogens is 1. The highest BCUT2D eigenvalue weighted by molar-refractivity contribution is 6.30. The van der Waals surface area contributed by atoms with Crippen molar-refractivity contribution in [3.63, 3.8) is 0 Å². The van der Waals surface area contributed by atoms with E-state index in [0.29, 0.717) is 21.7 Å². The third-order valence-corrected chi connectivity index (χ3v) is 5.49. The van der Waals surface area contributed by atoms with Gasteiger partial charge in [0.1, 0.15) is 28.7 Å². The van der Waals surface area contributed by atoms with E-state index in [4.69, 9.17) is 20.8 Å². The van der Waals surface area contributed by atoms with Crippen molar-refractivity contribution in [1.82, 2.24) is 4.98 Å². The van der Waals surface area contributed by atoms with E-state index in [1.165, 1.54) is 12.3 Å². The Morgan fingerprint density at radius 3 is 2.53 bits per heavy atom. The number of aromatic hydroxyl groups is 1. The number of nitrogens with zero attached hydrogens (tertiary/aromatic N) is 1. The summed E-state index contributed by atoms with van der Waals surface area (Å²) in [5.41, 5.74) is 2.10. The zero-order chi connectivity index (χ0) is 20.8. The molecule has 5 rings (SSSR count). The van der Waals surface area contributed by atoms with Crippen LogP contribution < -0.4 is 10.2 Å². The summed E-state index contributed by atoms with van der Waals surface area (Å²) in [6.45, 7) is 0. The molecule has 7 heteroatoms. The van der Waals surface area contributed by atoms with Gasteiger partial charge in [-0.3, -0.25) is 14.6 Å². The molecule has 0 saturated carbocycles. The van der Waals surface area contributed by atoms with Gasteiger partial charge in [0.25, 0.3) is 0 Å². The lowest BCUT2D eigenvalue weighted by atomic mass is 9.85. The predicted molar refractivity (Wildman–Crippen MR) is 111 cm³/mol. The number of hydrogen-bond acceptors (Lipinski definition) is 6. The highest BCUT2D eigenvalue weighted by atomic mass is 35.5. The Morgan fingerprint density at radius 2 is 1.80 bits per heavy atom. The molecule has 0 unspecified atom stereocenters. The molecule has 2 aromatic heterocycles. The summed E-state index contributed by atoms with van der Waals surface area (Å²) in [5, 5.41) is 11.2. The van der Waals surface area contributed by atoms with Gasteiger partial charge in [0.05, 0.1) is 12.0 Å². The van der Waals surface area contributed by atoms with Gasteiger partial charge in [-0.15, -0.1) is 0 Å². The number of fused-ring (bicyclic) bond motifs is 3. The van der Waals surface area contributed by atoms with Gasteiger partial charge in [-0.25, -0.2) is 0 Å². The molecule has 30 heavy (non-hydrogen) atoms. The Balaban J connectivity index is 1.79. The second-order valence-corrected chi connectivity index (χ2v) is 7.44. The van der Waals surface area contributed by atoms with Crippen LogP contribution in [0.3, 0.4) is 0 Å². The summed E-state index contributed by atoms with van der Waals surface area (Å²) in [7, 11) is 0. The van der Waals surface area contributed by atoms with E-state index >= 15 is 0 Å². The van der Waals surface area contributed by atoms with Gasteiger partial charge < -0.3 is 14.3 Å². The molecule has 0 spiro atoms. The molecule has 0 aliphatic carbocycles. The van der Waals surface area contributed by atoms with E-state index in [1.54, 1.807) is 48.8 Å². The minimum atomic E-state index is -0.428. The number of aromatic nitrogens is 1. The maximum absolute atomic E-state index is 13.3. The summed E-state index contributed by atoms with van der Waals surface area (Å²) in [6, 6.07) is 11.6. The number of hydrogen-bond donors (Lipinski definition) is 1. The van der Waals surface area contributed by atoms with E-state index in [0.717, 1.165) is 5.56 Å². The number of rotatable bonds is 2. The molecule has 6 nitrogen and oxygen atoms in total. The SMILES string of the molecule is O=C1C[C@H](c2ccncc2)c2c(cc(O)c3c(=O)c(-c4ccc(Cl)cc4)coc23)O1. The lowest BCUT2D eigenvalue weighted by molar-refractivity contribution is -0.135. The molecule has 4 aromatic rings. The lowest BCUT2D eigenvalue weighted by Gasteiger charge is -2.25. The van der Waals surface area contributed by atoms with Gasteiger partial charge in [-0.1, -0.05) is 23.7 Å². The number of pyridine rings is 1. The largest absolute Gasteiger partial charge is 0.507 e. The number of ether oxygens (including phenoxy) is 1. The highest BCUT2D eigenvalue weighted by Crippen LogP contribution is 2.45. The van der Waals surface area contributed by atoms with Crippen molar-refractivity contribution in [2.45, 2.75) is 12.3 Å². The summed E-state index contributed by atoms with van der Waals surface area (Å²) in [6.07, 6.45) is 4.70. The van der Waals surface area contributed by atoms with Gasteiger partial charge in [-0.05, 0) is 35.4 Å². The Morgan fingerprint density at radius 1 is 1.07 bits per heavy atom. The van der Waals surface area contributed by atoms with Gasteiger partial charge in [-0.2, -0.15) is 0 Å². The van der Waals surface area contributed by atoms with E-state index in [2.05, 4.69) is 4.98 Å². The van der Waals surface area contributed by atoms with Crippen LogP contribution in [-0.2, 0) is 4.79 Å². The van der Waals surface area contributed by atoms with Crippen molar-refractivity contribution < 1.29 is 19.1 Å². The third-order valence-electron chi connectivity index (χ3n) is 5.23. The van der Waals surface area contributed by atoms with Crippen molar-refractivity contribution in [2.24, 2.45) is 0 Å². The van der Waals surface area contributed by atoms with Crippen LogP contribution in [0.2, 0.25) is 5.02 Å². The van der Waals surface area contributed by atoms with E-state index in [9.17, 15) is 14.7 Å². The molecule has 0 amide bonds. The van der Waals surface area contributed by atoms with Gasteiger partial charge in [0.15, 0.2) is 0 Å². The van der Waals surface area contributed by atoms with Crippen LogP contribution in [0, 0.1) is 0 Å². The first-order valence-electron chi connectivity index (χ1n) is 9.21. The normalized spacial score (nSPS) is 15.6. The fourth-order valence-electron chi connectivity index (χ4n) is 3.84. The minimum absolute atomic E-state index is 0.0400. The molecule has 1 atom stereocenters. The number of carbonyl (C=O) groups is 1. The molecule has 1 aliphatic heterocycles. The maximum atomic E-state index is 13.3. The molecule has 1 N–H and O–H groups in total. The van der Waals surface area contributed by atoms with E-state index in [-0.39, 0.29) is 34.3 Å². The Kier molecular flexibility index (Phi) is 4.29. The minimum Gasteiger partial charge on any atom is -0.507 e. The standard InChI is InChI=1S/C23H14ClNO5/c24-14-3-1-12(2-4-14)16-11-29-23-20-15(13-5-7-25-8-6-13)9-19(27)30-18(20)10-17(26)21(23)22(16)28/h1-8,10-11,15,26H,9H2/t15-/m1/s1. The highest BCUT2D eigenvalue weighted by Gasteiger charge is 2.33. The topological polar surface area (TPSA) is 89.6 Å². The Labute approximate surface area is 175 Å². The van der Waals surface area contributed by atoms with Crippen LogP contribution in [0.4, 0.5) is 0 Å². The van der Waals surface area contributed by atoms with Crippen molar-refractivity contribution in [2.75, 3.05) is 0 Å².